The van der Waals surface area contributed by atoms with Gasteiger partial charge in [0.15, 0.2) is 0 Å². The smallest absolute Gasteiger partial charge is 0.123 e. The van der Waals surface area contributed by atoms with Crippen molar-refractivity contribution in [3.8, 4) is 0 Å². The van der Waals surface area contributed by atoms with Crippen LogP contribution in [0.5, 0.6) is 0 Å². The Morgan fingerprint density at radius 2 is 2.33 bits per heavy atom. The molecule has 0 bridgehead atoms. The third-order valence-electron chi connectivity index (χ3n) is 3.04. The van der Waals surface area contributed by atoms with Crippen LogP contribution in [-0.2, 0) is 12.0 Å². The van der Waals surface area contributed by atoms with Crippen LogP contribution in [0.2, 0.25) is 0 Å². The molecule has 2 N–H and O–H groups in total. The third kappa shape index (κ3) is 1.90. The van der Waals surface area contributed by atoms with E-state index >= 15 is 0 Å². The molecule has 15 heavy (non-hydrogen) atoms. The summed E-state index contributed by atoms with van der Waals surface area (Å²) in [5.41, 5.74) is 1.01. The van der Waals surface area contributed by atoms with Gasteiger partial charge >= 0.3 is 0 Å². The van der Waals surface area contributed by atoms with Crippen LogP contribution < -0.4 is 5.32 Å². The van der Waals surface area contributed by atoms with E-state index in [1.165, 1.54) is 12.1 Å². The van der Waals surface area contributed by atoms with E-state index in [0.29, 0.717) is 13.0 Å². The van der Waals surface area contributed by atoms with Gasteiger partial charge in [0.25, 0.3) is 0 Å². The number of nitrogens with one attached hydrogen (secondary N) is 1. The quantitative estimate of drug-likeness (QED) is 0.792. The highest BCUT2D eigenvalue weighted by Crippen LogP contribution is 2.36. The number of benzene rings is 1. The fourth-order valence-corrected chi connectivity index (χ4v) is 2.21. The van der Waals surface area contributed by atoms with Crippen molar-refractivity contribution in [3.05, 3.63) is 35.1 Å². The summed E-state index contributed by atoms with van der Waals surface area (Å²) in [5, 5.41) is 13.5. The van der Waals surface area contributed by atoms with Gasteiger partial charge in [0.2, 0.25) is 0 Å². The number of hydrogen-bond donors (Lipinski definition) is 2. The Labute approximate surface area is 89.1 Å². The molecule has 2 rings (SSSR count). The van der Waals surface area contributed by atoms with Crippen LogP contribution in [0.1, 0.15) is 24.5 Å². The van der Waals surface area contributed by atoms with E-state index in [-0.39, 0.29) is 5.82 Å². The first-order valence-corrected chi connectivity index (χ1v) is 5.38. The number of halogens is 1. The van der Waals surface area contributed by atoms with Gasteiger partial charge in [-0.25, -0.2) is 4.39 Å². The minimum Gasteiger partial charge on any atom is -0.384 e. The zero-order valence-corrected chi connectivity index (χ0v) is 8.89. The second kappa shape index (κ2) is 3.91. The molecule has 0 heterocycles. The lowest BCUT2D eigenvalue weighted by molar-refractivity contribution is 0.0393. The lowest BCUT2D eigenvalue weighted by atomic mass is 9.96. The molecule has 1 aliphatic carbocycles. The maximum atomic E-state index is 13.0. The molecule has 1 aromatic carbocycles. The molecule has 0 spiro atoms. The van der Waals surface area contributed by atoms with Crippen LogP contribution in [0.15, 0.2) is 18.2 Å². The highest BCUT2D eigenvalue weighted by molar-refractivity contribution is 5.37. The number of rotatable bonds is 3. The van der Waals surface area contributed by atoms with Crippen molar-refractivity contribution in [2.75, 3.05) is 13.1 Å². The molecule has 0 amide bonds. The molecule has 1 unspecified atom stereocenters. The van der Waals surface area contributed by atoms with Crippen molar-refractivity contribution in [1.82, 2.24) is 5.32 Å². The highest BCUT2D eigenvalue weighted by atomic mass is 19.1. The number of aliphatic hydroxyl groups is 1. The Kier molecular flexibility index (Phi) is 2.76. The van der Waals surface area contributed by atoms with Crippen LogP contribution >= 0.6 is 0 Å². The number of hydrogen-bond acceptors (Lipinski definition) is 2. The van der Waals surface area contributed by atoms with E-state index in [4.69, 9.17) is 0 Å². The van der Waals surface area contributed by atoms with Gasteiger partial charge in [-0.2, -0.15) is 0 Å². The van der Waals surface area contributed by atoms with Gasteiger partial charge in [-0.05, 0) is 42.6 Å². The zero-order chi connectivity index (χ0) is 10.9. The van der Waals surface area contributed by atoms with E-state index in [0.717, 1.165) is 24.1 Å². The summed E-state index contributed by atoms with van der Waals surface area (Å²) in [6.45, 7) is 3.38. The van der Waals surface area contributed by atoms with Gasteiger partial charge in [-0.3, -0.25) is 0 Å². The van der Waals surface area contributed by atoms with Gasteiger partial charge in [-0.1, -0.05) is 13.0 Å². The first-order valence-electron chi connectivity index (χ1n) is 5.38. The van der Waals surface area contributed by atoms with E-state index in [1.54, 1.807) is 6.07 Å². The van der Waals surface area contributed by atoms with Crippen LogP contribution in [0.25, 0.3) is 0 Å². The van der Waals surface area contributed by atoms with Gasteiger partial charge in [0.1, 0.15) is 11.4 Å². The first-order chi connectivity index (χ1) is 7.15. The predicted molar refractivity (Wildman–Crippen MR) is 57.2 cm³/mol. The average molecular weight is 209 g/mol. The normalized spacial score (nSPS) is 24.2. The molecule has 3 heteroatoms. The Hall–Kier alpha value is -0.930. The standard InChI is InChI=1S/C12H16FNO/c1-2-14-8-12(15)6-5-9-7-10(13)3-4-11(9)12/h3-4,7,14-15H,2,5-6,8H2,1H3. The minimum absolute atomic E-state index is 0.221. The molecule has 1 atom stereocenters. The Morgan fingerprint density at radius 1 is 1.53 bits per heavy atom. The van der Waals surface area contributed by atoms with Crippen LogP contribution in [0, 0.1) is 5.82 Å². The molecule has 0 radical (unpaired) electrons. The summed E-state index contributed by atoms with van der Waals surface area (Å²) in [4.78, 5) is 0. The Bertz CT molecular complexity index is 367. The predicted octanol–water partition coefficient (Wildman–Crippen LogP) is 1.57. The molecule has 0 aromatic heterocycles. The van der Waals surface area contributed by atoms with Gasteiger partial charge in [-0.15, -0.1) is 0 Å². The summed E-state index contributed by atoms with van der Waals surface area (Å²) in [6, 6.07) is 4.65. The molecule has 2 nitrogen and oxygen atoms in total. The zero-order valence-electron chi connectivity index (χ0n) is 8.89. The van der Waals surface area contributed by atoms with Crippen molar-refractivity contribution >= 4 is 0 Å². The number of fused-ring (bicyclic) bond motifs is 1. The molecule has 1 aromatic rings. The molecule has 82 valence electrons. The van der Waals surface area contributed by atoms with E-state index in [9.17, 15) is 9.50 Å². The maximum Gasteiger partial charge on any atom is 0.123 e. The van der Waals surface area contributed by atoms with E-state index in [1.807, 2.05) is 6.92 Å². The van der Waals surface area contributed by atoms with Crippen molar-refractivity contribution in [2.24, 2.45) is 0 Å². The first kappa shape index (κ1) is 10.6. The second-order valence-corrected chi connectivity index (χ2v) is 4.11. The Morgan fingerprint density at radius 3 is 3.07 bits per heavy atom. The van der Waals surface area contributed by atoms with Crippen molar-refractivity contribution in [2.45, 2.75) is 25.4 Å². The minimum atomic E-state index is -0.807. The highest BCUT2D eigenvalue weighted by Gasteiger charge is 2.36. The summed E-state index contributed by atoms with van der Waals surface area (Å²) >= 11 is 0. The van der Waals surface area contributed by atoms with Gasteiger partial charge < -0.3 is 10.4 Å². The molecule has 0 fully saturated rings. The fraction of sp³-hybridized carbons (Fsp3) is 0.500. The molecule has 0 saturated carbocycles. The summed E-state index contributed by atoms with van der Waals surface area (Å²) < 4.78 is 13.0. The molecule has 0 saturated heterocycles. The SMILES string of the molecule is CCNCC1(O)CCc2cc(F)ccc21. The van der Waals surface area contributed by atoms with Crippen molar-refractivity contribution < 1.29 is 9.50 Å². The molecule has 1 aliphatic rings. The summed E-state index contributed by atoms with van der Waals surface area (Å²) in [5.74, 6) is -0.221. The topological polar surface area (TPSA) is 32.3 Å². The molecular weight excluding hydrogens is 193 g/mol. The second-order valence-electron chi connectivity index (χ2n) is 4.11. The summed E-state index contributed by atoms with van der Waals surface area (Å²) in [7, 11) is 0. The van der Waals surface area contributed by atoms with Crippen LogP contribution in [0.4, 0.5) is 4.39 Å². The fourth-order valence-electron chi connectivity index (χ4n) is 2.21. The van der Waals surface area contributed by atoms with Crippen molar-refractivity contribution in [3.63, 3.8) is 0 Å². The largest absolute Gasteiger partial charge is 0.384 e. The average Bonchev–Trinajstić information content (AvgIpc) is 2.54. The monoisotopic (exact) mass is 209 g/mol. The van der Waals surface area contributed by atoms with Gasteiger partial charge in [0.05, 0.1) is 0 Å². The molecular formula is C12H16FNO. The lowest BCUT2D eigenvalue weighted by Crippen LogP contribution is -2.36. The van der Waals surface area contributed by atoms with Crippen LogP contribution in [0.3, 0.4) is 0 Å². The number of likely N-dealkylation sites (N-methyl/N-ethyl adjacent to an activating group) is 1. The van der Waals surface area contributed by atoms with Crippen LogP contribution in [-0.4, -0.2) is 18.2 Å². The van der Waals surface area contributed by atoms with Gasteiger partial charge in [0, 0.05) is 6.54 Å². The van der Waals surface area contributed by atoms with Crippen molar-refractivity contribution in [1.29, 1.82) is 0 Å². The molecule has 0 aliphatic heterocycles. The third-order valence-corrected chi connectivity index (χ3v) is 3.04. The van der Waals surface area contributed by atoms with E-state index < -0.39 is 5.60 Å². The maximum absolute atomic E-state index is 13.0. The lowest BCUT2D eigenvalue weighted by Gasteiger charge is -2.24. The van der Waals surface area contributed by atoms with E-state index in [2.05, 4.69) is 5.32 Å². The summed E-state index contributed by atoms with van der Waals surface area (Å²) in [6.07, 6.45) is 1.44. The number of aryl methyl sites for hydroxylation is 1. The Balaban J connectivity index is 2.27.